The molecule has 0 bridgehead atoms. The molecule has 0 spiro atoms. The normalized spacial score (nSPS) is 11.7. The Kier molecular flexibility index (Phi) is 4.50. The average molecular weight is 313 g/mol. The summed E-state index contributed by atoms with van der Waals surface area (Å²) in [5, 5.41) is 0.574. The highest BCUT2D eigenvalue weighted by atomic mass is 79.9. The lowest BCUT2D eigenvalue weighted by Gasteiger charge is -2.04. The van der Waals surface area contributed by atoms with Crippen molar-refractivity contribution in [3.05, 3.63) is 16.4 Å². The Morgan fingerprint density at radius 3 is 2.80 bits per heavy atom. The molecular formula is C7H9BrN2O3S2. The summed E-state index contributed by atoms with van der Waals surface area (Å²) in [6.07, 6.45) is 4.40. The van der Waals surface area contributed by atoms with Gasteiger partial charge in [-0.05, 0) is 22.2 Å². The van der Waals surface area contributed by atoms with Gasteiger partial charge in [0.05, 0.1) is 16.4 Å². The van der Waals surface area contributed by atoms with Crippen molar-refractivity contribution in [1.29, 1.82) is 0 Å². The molecule has 5 nitrogen and oxygen atoms in total. The van der Waals surface area contributed by atoms with Gasteiger partial charge in [-0.25, -0.2) is 9.97 Å². The van der Waals surface area contributed by atoms with E-state index in [4.69, 9.17) is 0 Å². The fourth-order valence-corrected chi connectivity index (χ4v) is 1.74. The van der Waals surface area contributed by atoms with E-state index in [1.165, 1.54) is 11.8 Å². The average Bonchev–Trinajstić information content (AvgIpc) is 2.15. The van der Waals surface area contributed by atoms with E-state index in [1.54, 1.807) is 6.20 Å². The minimum Gasteiger partial charge on any atom is -0.264 e. The Morgan fingerprint density at radius 2 is 2.27 bits per heavy atom. The van der Waals surface area contributed by atoms with Crippen LogP contribution in [-0.2, 0) is 20.9 Å². The highest BCUT2D eigenvalue weighted by Gasteiger charge is 2.08. The Morgan fingerprint density at radius 1 is 1.60 bits per heavy atom. The van der Waals surface area contributed by atoms with Crippen molar-refractivity contribution >= 4 is 37.8 Å². The summed E-state index contributed by atoms with van der Waals surface area (Å²) in [6.45, 7) is -0.0878. The molecule has 0 aliphatic rings. The van der Waals surface area contributed by atoms with Gasteiger partial charge in [-0.2, -0.15) is 8.42 Å². The van der Waals surface area contributed by atoms with Gasteiger partial charge in [0.2, 0.25) is 0 Å². The first-order valence-corrected chi connectivity index (χ1v) is 7.65. The number of aromatic nitrogens is 2. The van der Waals surface area contributed by atoms with E-state index in [2.05, 4.69) is 30.1 Å². The molecule has 0 saturated heterocycles. The maximum atomic E-state index is 10.8. The summed E-state index contributed by atoms with van der Waals surface area (Å²) < 4.78 is 26.8. The molecule has 1 rings (SSSR count). The second-order valence-electron chi connectivity index (χ2n) is 2.62. The van der Waals surface area contributed by atoms with Crippen LogP contribution in [0.3, 0.4) is 0 Å². The molecule has 0 aliphatic carbocycles. The van der Waals surface area contributed by atoms with Crippen LogP contribution in [0.25, 0.3) is 0 Å². The lowest BCUT2D eigenvalue weighted by molar-refractivity contribution is 0.305. The molecule has 0 atom stereocenters. The highest BCUT2D eigenvalue weighted by Crippen LogP contribution is 2.18. The van der Waals surface area contributed by atoms with Gasteiger partial charge in [-0.1, -0.05) is 11.8 Å². The maximum Gasteiger partial charge on any atom is 0.264 e. The largest absolute Gasteiger partial charge is 0.264 e. The second-order valence-corrected chi connectivity index (χ2v) is 5.89. The zero-order chi connectivity index (χ0) is 11.5. The minimum absolute atomic E-state index is 0.0878. The second kappa shape index (κ2) is 5.24. The summed E-state index contributed by atoms with van der Waals surface area (Å²) in [5.74, 6) is 0. The van der Waals surface area contributed by atoms with E-state index in [0.29, 0.717) is 15.3 Å². The predicted molar refractivity (Wildman–Crippen MR) is 61.1 cm³/mol. The molecular weight excluding hydrogens is 304 g/mol. The van der Waals surface area contributed by atoms with Crippen molar-refractivity contribution in [2.24, 2.45) is 0 Å². The van der Waals surface area contributed by atoms with E-state index < -0.39 is 10.1 Å². The van der Waals surface area contributed by atoms with Gasteiger partial charge in [0.25, 0.3) is 10.1 Å². The third-order valence-electron chi connectivity index (χ3n) is 1.39. The van der Waals surface area contributed by atoms with Gasteiger partial charge in [-0.15, -0.1) is 0 Å². The molecule has 0 aromatic carbocycles. The zero-order valence-corrected chi connectivity index (χ0v) is 11.3. The van der Waals surface area contributed by atoms with Gasteiger partial charge in [0, 0.05) is 6.20 Å². The number of hydrogen-bond donors (Lipinski definition) is 0. The van der Waals surface area contributed by atoms with Crippen molar-refractivity contribution in [2.45, 2.75) is 11.8 Å². The molecule has 8 heteroatoms. The van der Waals surface area contributed by atoms with E-state index in [-0.39, 0.29) is 6.61 Å². The minimum atomic E-state index is -3.45. The van der Waals surface area contributed by atoms with Crippen LogP contribution in [0.2, 0.25) is 0 Å². The van der Waals surface area contributed by atoms with E-state index in [1.807, 2.05) is 6.26 Å². The van der Waals surface area contributed by atoms with Crippen LogP contribution in [0.4, 0.5) is 0 Å². The molecule has 0 aliphatic heterocycles. The number of rotatable bonds is 4. The van der Waals surface area contributed by atoms with Gasteiger partial charge in [0.15, 0.2) is 5.16 Å². The number of halogens is 1. The molecule has 0 unspecified atom stereocenters. The number of thioether (sulfide) groups is 1. The summed E-state index contributed by atoms with van der Waals surface area (Å²) in [7, 11) is -3.45. The summed E-state index contributed by atoms with van der Waals surface area (Å²) >= 11 is 4.60. The Bertz CT molecular complexity index is 450. The molecule has 0 radical (unpaired) electrons. The first-order chi connectivity index (χ1) is 6.92. The third-order valence-corrected chi connectivity index (χ3v) is 3.16. The standard InChI is InChI=1S/C7H9BrN2O3S2/c1-14-7-9-3-5(8)6(10-7)4-13-15(2,11)12/h3H,4H2,1-2H3. The lowest BCUT2D eigenvalue weighted by atomic mass is 10.4. The number of hydrogen-bond acceptors (Lipinski definition) is 6. The van der Waals surface area contributed by atoms with Gasteiger partial charge in [0.1, 0.15) is 6.61 Å². The van der Waals surface area contributed by atoms with Crippen LogP contribution in [0.1, 0.15) is 5.69 Å². The molecule has 1 heterocycles. The monoisotopic (exact) mass is 312 g/mol. The lowest BCUT2D eigenvalue weighted by Crippen LogP contribution is -2.05. The Hall–Kier alpha value is -0.180. The fourth-order valence-electron chi connectivity index (χ4n) is 0.747. The van der Waals surface area contributed by atoms with Crippen LogP contribution < -0.4 is 0 Å². The predicted octanol–water partition coefficient (Wildman–Crippen LogP) is 1.44. The SMILES string of the molecule is CSc1ncc(Br)c(COS(C)(=O)=O)n1. The molecule has 0 fully saturated rings. The van der Waals surface area contributed by atoms with E-state index in [9.17, 15) is 8.42 Å². The van der Waals surface area contributed by atoms with Gasteiger partial charge in [-0.3, -0.25) is 4.18 Å². The van der Waals surface area contributed by atoms with Crippen LogP contribution in [-0.4, -0.2) is 30.9 Å². The topological polar surface area (TPSA) is 69.2 Å². The summed E-state index contributed by atoms with van der Waals surface area (Å²) in [6, 6.07) is 0. The van der Waals surface area contributed by atoms with Gasteiger partial charge >= 0.3 is 0 Å². The zero-order valence-electron chi connectivity index (χ0n) is 8.10. The third kappa shape index (κ3) is 4.45. The Labute approximate surface area is 101 Å². The molecule has 0 N–H and O–H groups in total. The van der Waals surface area contributed by atoms with Crippen LogP contribution >= 0.6 is 27.7 Å². The van der Waals surface area contributed by atoms with Crippen LogP contribution in [0.5, 0.6) is 0 Å². The first-order valence-electron chi connectivity index (χ1n) is 3.82. The first kappa shape index (κ1) is 12.9. The molecule has 84 valence electrons. The molecule has 0 saturated carbocycles. The quantitative estimate of drug-likeness (QED) is 0.476. The van der Waals surface area contributed by atoms with Crippen molar-refractivity contribution in [3.63, 3.8) is 0 Å². The molecule has 15 heavy (non-hydrogen) atoms. The van der Waals surface area contributed by atoms with Crippen molar-refractivity contribution in [3.8, 4) is 0 Å². The summed E-state index contributed by atoms with van der Waals surface area (Å²) in [4.78, 5) is 8.11. The van der Waals surface area contributed by atoms with Crippen molar-refractivity contribution in [1.82, 2.24) is 9.97 Å². The highest BCUT2D eigenvalue weighted by molar-refractivity contribution is 9.10. The summed E-state index contributed by atoms with van der Waals surface area (Å²) in [5.41, 5.74) is 0.514. The fraction of sp³-hybridized carbons (Fsp3) is 0.429. The molecule has 1 aromatic heterocycles. The smallest absolute Gasteiger partial charge is 0.264 e. The van der Waals surface area contributed by atoms with E-state index in [0.717, 1.165) is 6.26 Å². The number of nitrogens with zero attached hydrogens (tertiary/aromatic N) is 2. The van der Waals surface area contributed by atoms with Crippen molar-refractivity contribution < 1.29 is 12.6 Å². The molecule has 0 amide bonds. The van der Waals surface area contributed by atoms with Crippen LogP contribution in [0, 0.1) is 0 Å². The van der Waals surface area contributed by atoms with Gasteiger partial charge < -0.3 is 0 Å². The van der Waals surface area contributed by atoms with Crippen molar-refractivity contribution in [2.75, 3.05) is 12.5 Å². The maximum absolute atomic E-state index is 10.8. The Balaban J connectivity index is 2.84. The molecule has 1 aromatic rings. The van der Waals surface area contributed by atoms with E-state index >= 15 is 0 Å². The van der Waals surface area contributed by atoms with Crippen LogP contribution in [0.15, 0.2) is 15.8 Å².